The zero-order chi connectivity index (χ0) is 15.8. The highest BCUT2D eigenvalue weighted by Crippen LogP contribution is 2.17. The Labute approximate surface area is 124 Å². The minimum absolute atomic E-state index is 0.272. The van der Waals surface area contributed by atoms with E-state index in [0.29, 0.717) is 25.3 Å². The average molecular weight is 294 g/mol. The number of aryl methyl sites for hydroxylation is 1. The van der Waals surface area contributed by atoms with E-state index >= 15 is 0 Å². The number of ether oxygens (including phenoxy) is 2. The van der Waals surface area contributed by atoms with Crippen LogP contribution in [0.4, 0.5) is 5.69 Å². The van der Waals surface area contributed by atoms with Gasteiger partial charge in [0.15, 0.2) is 6.10 Å². The first kappa shape index (κ1) is 17.0. The van der Waals surface area contributed by atoms with Gasteiger partial charge in [-0.05, 0) is 31.9 Å². The summed E-state index contributed by atoms with van der Waals surface area (Å²) in [5.41, 5.74) is 7.27. The number of carbonyl (C=O) groups is 2. The molecule has 0 saturated heterocycles. The second-order valence-corrected chi connectivity index (χ2v) is 4.72. The summed E-state index contributed by atoms with van der Waals surface area (Å²) in [6.07, 6.45) is -0.173. The zero-order valence-corrected chi connectivity index (χ0v) is 12.6. The zero-order valence-electron chi connectivity index (χ0n) is 12.6. The molecule has 3 N–H and O–H groups in total. The number of hydrogen-bond acceptors (Lipinski definition) is 5. The highest BCUT2D eigenvalue weighted by atomic mass is 16.5. The molecule has 0 spiro atoms. The van der Waals surface area contributed by atoms with E-state index in [2.05, 4.69) is 5.32 Å². The second-order valence-electron chi connectivity index (χ2n) is 4.72. The van der Waals surface area contributed by atoms with Crippen LogP contribution in [0.5, 0.6) is 0 Å². The van der Waals surface area contributed by atoms with Crippen LogP contribution in [0.25, 0.3) is 0 Å². The number of anilines is 1. The molecular weight excluding hydrogens is 272 g/mol. The van der Waals surface area contributed by atoms with E-state index in [1.165, 1.54) is 6.92 Å². The molecule has 1 unspecified atom stereocenters. The molecule has 0 aliphatic heterocycles. The van der Waals surface area contributed by atoms with Crippen molar-refractivity contribution in [2.24, 2.45) is 0 Å². The summed E-state index contributed by atoms with van der Waals surface area (Å²) in [5, 5.41) is 2.67. The third-order valence-corrected chi connectivity index (χ3v) is 3.02. The Morgan fingerprint density at radius 2 is 2.10 bits per heavy atom. The van der Waals surface area contributed by atoms with Gasteiger partial charge in [0.05, 0.1) is 5.56 Å². The standard InChI is InChI=1S/C15H22N2O4/c1-10-6-4-7-12(13(10)16)15(19)21-11(2)14(18)17-8-5-9-20-3/h4,6-7,11H,5,8-9,16H2,1-3H3,(H,17,18). The molecule has 1 rings (SSSR count). The molecule has 1 aromatic rings. The highest BCUT2D eigenvalue weighted by Gasteiger charge is 2.20. The van der Waals surface area contributed by atoms with Crippen LogP contribution in [0.15, 0.2) is 18.2 Å². The Bertz CT molecular complexity index is 502. The van der Waals surface area contributed by atoms with Gasteiger partial charge in [-0.1, -0.05) is 12.1 Å². The number of nitrogen functional groups attached to an aromatic ring is 1. The van der Waals surface area contributed by atoms with Gasteiger partial charge < -0.3 is 20.5 Å². The number of nitrogens with one attached hydrogen (secondary N) is 1. The number of para-hydroxylation sites is 1. The van der Waals surface area contributed by atoms with Gasteiger partial charge in [-0.25, -0.2) is 4.79 Å². The third kappa shape index (κ3) is 5.07. The van der Waals surface area contributed by atoms with E-state index < -0.39 is 12.1 Å². The van der Waals surface area contributed by atoms with Gasteiger partial charge >= 0.3 is 5.97 Å². The SMILES string of the molecule is COCCCNC(=O)C(C)OC(=O)c1cccc(C)c1N. The molecule has 0 heterocycles. The highest BCUT2D eigenvalue weighted by molar-refractivity contribution is 5.97. The molecule has 0 fully saturated rings. The molecule has 0 aliphatic rings. The van der Waals surface area contributed by atoms with E-state index in [1.807, 2.05) is 0 Å². The molecule has 1 amide bonds. The number of methoxy groups -OCH3 is 1. The molecule has 0 radical (unpaired) electrons. The molecule has 0 aliphatic carbocycles. The first-order valence-electron chi connectivity index (χ1n) is 6.80. The maximum atomic E-state index is 12.0. The first-order chi connectivity index (χ1) is 9.97. The van der Waals surface area contributed by atoms with Gasteiger partial charge in [-0.2, -0.15) is 0 Å². The molecule has 0 aromatic heterocycles. The number of rotatable bonds is 7. The minimum Gasteiger partial charge on any atom is -0.449 e. The molecule has 6 heteroatoms. The van der Waals surface area contributed by atoms with Crippen LogP contribution < -0.4 is 11.1 Å². The van der Waals surface area contributed by atoms with Gasteiger partial charge in [0.1, 0.15) is 0 Å². The maximum Gasteiger partial charge on any atom is 0.341 e. The maximum absolute atomic E-state index is 12.0. The first-order valence-corrected chi connectivity index (χ1v) is 6.80. The molecular formula is C15H22N2O4. The lowest BCUT2D eigenvalue weighted by molar-refractivity contribution is -0.129. The van der Waals surface area contributed by atoms with Crippen molar-refractivity contribution in [1.29, 1.82) is 0 Å². The molecule has 1 atom stereocenters. The summed E-state index contributed by atoms with van der Waals surface area (Å²) in [4.78, 5) is 23.8. The lowest BCUT2D eigenvalue weighted by Gasteiger charge is -2.14. The van der Waals surface area contributed by atoms with Gasteiger partial charge in [0, 0.05) is 25.9 Å². The van der Waals surface area contributed by atoms with Gasteiger partial charge in [-0.15, -0.1) is 0 Å². The van der Waals surface area contributed by atoms with Crippen molar-refractivity contribution < 1.29 is 19.1 Å². The summed E-state index contributed by atoms with van der Waals surface area (Å²) >= 11 is 0. The quantitative estimate of drug-likeness (QED) is 0.449. The van der Waals surface area contributed by atoms with Crippen molar-refractivity contribution in [3.63, 3.8) is 0 Å². The topological polar surface area (TPSA) is 90.6 Å². The molecule has 21 heavy (non-hydrogen) atoms. The Kier molecular flexibility index (Phi) is 6.68. The fourth-order valence-corrected chi connectivity index (χ4v) is 1.71. The van der Waals surface area contributed by atoms with E-state index in [0.717, 1.165) is 5.56 Å². The largest absolute Gasteiger partial charge is 0.449 e. The predicted octanol–water partition coefficient (Wildman–Crippen LogP) is 1.28. The monoisotopic (exact) mass is 294 g/mol. The van der Waals surface area contributed by atoms with Crippen LogP contribution in [-0.2, 0) is 14.3 Å². The third-order valence-electron chi connectivity index (χ3n) is 3.02. The summed E-state index contributed by atoms with van der Waals surface area (Å²) in [7, 11) is 1.60. The Hall–Kier alpha value is -2.08. The van der Waals surface area contributed by atoms with Crippen molar-refractivity contribution in [3.8, 4) is 0 Å². The van der Waals surface area contributed by atoms with Gasteiger partial charge in [-0.3, -0.25) is 4.79 Å². The molecule has 116 valence electrons. The second kappa shape index (κ2) is 8.26. The number of amides is 1. The smallest absolute Gasteiger partial charge is 0.341 e. The van der Waals surface area contributed by atoms with Crippen molar-refractivity contribution >= 4 is 17.6 Å². The normalized spacial score (nSPS) is 11.8. The van der Waals surface area contributed by atoms with Crippen molar-refractivity contribution in [3.05, 3.63) is 29.3 Å². The van der Waals surface area contributed by atoms with Crippen molar-refractivity contribution in [2.45, 2.75) is 26.4 Å². The lowest BCUT2D eigenvalue weighted by Crippen LogP contribution is -2.36. The fraction of sp³-hybridized carbons (Fsp3) is 0.467. The summed E-state index contributed by atoms with van der Waals surface area (Å²) in [6, 6.07) is 5.10. The van der Waals surface area contributed by atoms with Crippen LogP contribution in [-0.4, -0.2) is 38.2 Å². The molecule has 1 aromatic carbocycles. The van der Waals surface area contributed by atoms with E-state index in [-0.39, 0.29) is 11.5 Å². The Morgan fingerprint density at radius 1 is 1.38 bits per heavy atom. The van der Waals surface area contributed by atoms with Crippen LogP contribution in [0.2, 0.25) is 0 Å². The van der Waals surface area contributed by atoms with Gasteiger partial charge in [0.2, 0.25) is 0 Å². The van der Waals surface area contributed by atoms with E-state index in [9.17, 15) is 9.59 Å². The van der Waals surface area contributed by atoms with Crippen molar-refractivity contribution in [1.82, 2.24) is 5.32 Å². The average Bonchev–Trinajstić information content (AvgIpc) is 2.46. The Morgan fingerprint density at radius 3 is 2.76 bits per heavy atom. The van der Waals surface area contributed by atoms with Crippen LogP contribution in [0.3, 0.4) is 0 Å². The number of benzene rings is 1. The minimum atomic E-state index is -0.875. The summed E-state index contributed by atoms with van der Waals surface area (Å²) < 4.78 is 10.0. The Balaban J connectivity index is 2.53. The lowest BCUT2D eigenvalue weighted by atomic mass is 10.1. The molecule has 6 nitrogen and oxygen atoms in total. The van der Waals surface area contributed by atoms with E-state index in [1.54, 1.807) is 32.2 Å². The number of carbonyl (C=O) groups excluding carboxylic acids is 2. The van der Waals surface area contributed by atoms with Crippen LogP contribution in [0.1, 0.15) is 29.3 Å². The fourth-order valence-electron chi connectivity index (χ4n) is 1.71. The number of hydrogen-bond donors (Lipinski definition) is 2. The van der Waals surface area contributed by atoms with Crippen LogP contribution in [0, 0.1) is 6.92 Å². The molecule has 0 saturated carbocycles. The number of nitrogens with two attached hydrogens (primary N) is 1. The van der Waals surface area contributed by atoms with Crippen molar-refractivity contribution in [2.75, 3.05) is 26.0 Å². The summed E-state index contributed by atoms with van der Waals surface area (Å²) in [6.45, 7) is 4.36. The summed E-state index contributed by atoms with van der Waals surface area (Å²) in [5.74, 6) is -0.943. The number of esters is 1. The molecule has 0 bridgehead atoms. The van der Waals surface area contributed by atoms with Gasteiger partial charge in [0.25, 0.3) is 5.91 Å². The van der Waals surface area contributed by atoms with E-state index in [4.69, 9.17) is 15.2 Å². The van der Waals surface area contributed by atoms with Crippen LogP contribution >= 0.6 is 0 Å². The predicted molar refractivity (Wildman–Crippen MR) is 80.0 cm³/mol.